The second kappa shape index (κ2) is 6.26. The average molecular weight is 302 g/mol. The van der Waals surface area contributed by atoms with E-state index in [1.54, 1.807) is 0 Å². The van der Waals surface area contributed by atoms with Crippen LogP contribution < -0.4 is 0 Å². The third-order valence-corrected chi connectivity index (χ3v) is 5.53. The minimum atomic E-state index is 0.0582. The second-order valence-corrected chi connectivity index (χ2v) is 7.11. The molecule has 4 nitrogen and oxygen atoms in total. The minimum absolute atomic E-state index is 0.0582. The highest BCUT2D eigenvalue weighted by Gasteiger charge is 2.45. The van der Waals surface area contributed by atoms with Crippen molar-refractivity contribution in [2.24, 2.45) is 0 Å². The van der Waals surface area contributed by atoms with E-state index < -0.39 is 0 Å². The first kappa shape index (κ1) is 14.6. The van der Waals surface area contributed by atoms with Gasteiger partial charge in [-0.1, -0.05) is 12.5 Å². The number of nitrogens with zero attached hydrogens (tertiary/aromatic N) is 2. The highest BCUT2D eigenvalue weighted by molar-refractivity contribution is 5.02. The van der Waals surface area contributed by atoms with E-state index in [-0.39, 0.29) is 11.7 Å². The van der Waals surface area contributed by atoms with Gasteiger partial charge < -0.3 is 9.47 Å². The zero-order valence-electron chi connectivity index (χ0n) is 13.2. The van der Waals surface area contributed by atoms with E-state index in [0.29, 0.717) is 6.61 Å². The van der Waals surface area contributed by atoms with Crippen LogP contribution in [0.25, 0.3) is 0 Å². The number of likely N-dealkylation sites (tertiary alicyclic amines) is 1. The molecule has 0 N–H and O–H groups in total. The second-order valence-electron chi connectivity index (χ2n) is 7.11. The zero-order chi connectivity index (χ0) is 14.8. The van der Waals surface area contributed by atoms with Gasteiger partial charge in [-0.15, -0.1) is 0 Å². The molecule has 4 heteroatoms. The van der Waals surface area contributed by atoms with Gasteiger partial charge in [0.25, 0.3) is 0 Å². The predicted octanol–water partition coefficient (Wildman–Crippen LogP) is 2.77. The molecule has 2 aliphatic heterocycles. The summed E-state index contributed by atoms with van der Waals surface area (Å²) in [6.07, 6.45) is 9.73. The number of rotatable bonds is 4. The van der Waals surface area contributed by atoms with Crippen molar-refractivity contribution in [2.75, 3.05) is 19.7 Å². The minimum Gasteiger partial charge on any atom is -0.371 e. The summed E-state index contributed by atoms with van der Waals surface area (Å²) in [6.45, 7) is 3.71. The monoisotopic (exact) mass is 302 g/mol. The highest BCUT2D eigenvalue weighted by Crippen LogP contribution is 2.38. The Bertz CT molecular complexity index is 491. The molecule has 1 spiro atoms. The Morgan fingerprint density at radius 1 is 1.32 bits per heavy atom. The summed E-state index contributed by atoms with van der Waals surface area (Å²) in [6, 6.07) is 6.80. The van der Waals surface area contributed by atoms with Crippen molar-refractivity contribution in [2.45, 2.75) is 62.9 Å². The molecule has 120 valence electrons. The average Bonchev–Trinajstić information content (AvgIpc) is 2.87. The largest absolute Gasteiger partial charge is 0.371 e. The first-order valence-corrected chi connectivity index (χ1v) is 8.73. The van der Waals surface area contributed by atoms with Crippen LogP contribution in [0.4, 0.5) is 0 Å². The van der Waals surface area contributed by atoms with Gasteiger partial charge in [-0.2, -0.15) is 0 Å². The molecule has 1 saturated carbocycles. The van der Waals surface area contributed by atoms with Crippen LogP contribution in [0.2, 0.25) is 0 Å². The zero-order valence-corrected chi connectivity index (χ0v) is 13.2. The topological polar surface area (TPSA) is 34.6 Å². The summed E-state index contributed by atoms with van der Waals surface area (Å²) in [5.41, 5.74) is 1.06. The van der Waals surface area contributed by atoms with Crippen molar-refractivity contribution in [3.8, 4) is 0 Å². The molecule has 3 heterocycles. The quantitative estimate of drug-likeness (QED) is 0.856. The lowest BCUT2D eigenvalue weighted by Crippen LogP contribution is -2.53. The summed E-state index contributed by atoms with van der Waals surface area (Å²) in [7, 11) is 0. The number of aromatic nitrogens is 1. The third kappa shape index (κ3) is 3.05. The number of piperidine rings is 1. The first-order valence-electron chi connectivity index (χ1n) is 8.73. The van der Waals surface area contributed by atoms with Gasteiger partial charge in [0.1, 0.15) is 0 Å². The van der Waals surface area contributed by atoms with E-state index in [4.69, 9.17) is 9.47 Å². The Morgan fingerprint density at radius 3 is 3.05 bits per heavy atom. The van der Waals surface area contributed by atoms with E-state index in [0.717, 1.165) is 31.3 Å². The fraction of sp³-hybridized carbons (Fsp3) is 0.722. The van der Waals surface area contributed by atoms with Crippen LogP contribution in [-0.4, -0.2) is 47.3 Å². The van der Waals surface area contributed by atoms with Gasteiger partial charge in [0.2, 0.25) is 0 Å². The van der Waals surface area contributed by atoms with Gasteiger partial charge in [0.15, 0.2) is 0 Å². The van der Waals surface area contributed by atoms with Gasteiger partial charge in [-0.25, -0.2) is 0 Å². The molecular weight excluding hydrogens is 276 g/mol. The van der Waals surface area contributed by atoms with E-state index in [1.165, 1.54) is 38.6 Å². The molecule has 1 aromatic heterocycles. The number of pyridine rings is 1. The van der Waals surface area contributed by atoms with Gasteiger partial charge in [-0.3, -0.25) is 9.88 Å². The summed E-state index contributed by atoms with van der Waals surface area (Å²) in [4.78, 5) is 7.00. The van der Waals surface area contributed by atoms with Crippen molar-refractivity contribution >= 4 is 0 Å². The van der Waals surface area contributed by atoms with Crippen molar-refractivity contribution in [1.29, 1.82) is 0 Å². The molecule has 3 fully saturated rings. The van der Waals surface area contributed by atoms with Crippen LogP contribution in [-0.2, 0) is 16.1 Å². The summed E-state index contributed by atoms with van der Waals surface area (Å²) in [5, 5.41) is 0. The molecule has 22 heavy (non-hydrogen) atoms. The van der Waals surface area contributed by atoms with Crippen LogP contribution in [0.15, 0.2) is 24.4 Å². The Hall–Kier alpha value is -0.970. The fourth-order valence-corrected chi connectivity index (χ4v) is 4.08. The van der Waals surface area contributed by atoms with Gasteiger partial charge in [0, 0.05) is 25.2 Å². The molecule has 0 bridgehead atoms. The normalized spacial score (nSPS) is 33.2. The van der Waals surface area contributed by atoms with Crippen molar-refractivity contribution in [3.63, 3.8) is 0 Å². The standard InChI is InChI=1S/C18H26N2O2/c1-2-9-19-15(5-1)12-21-17-11-18(22-13-17)8-4-10-20(14-18)16-6-3-7-16/h1-2,5,9,16-17H,3-4,6-8,10-14H2/t17-,18+/m1/s1. The smallest absolute Gasteiger partial charge is 0.0892 e. The summed E-state index contributed by atoms with van der Waals surface area (Å²) in [5.74, 6) is 0. The Kier molecular flexibility index (Phi) is 4.16. The fourth-order valence-electron chi connectivity index (χ4n) is 4.08. The molecule has 3 aliphatic rings. The van der Waals surface area contributed by atoms with Crippen LogP contribution in [0.5, 0.6) is 0 Å². The molecule has 1 aromatic rings. The molecule has 2 saturated heterocycles. The van der Waals surface area contributed by atoms with E-state index in [9.17, 15) is 0 Å². The highest BCUT2D eigenvalue weighted by atomic mass is 16.6. The van der Waals surface area contributed by atoms with Gasteiger partial charge in [-0.05, 0) is 44.4 Å². The molecule has 0 unspecified atom stereocenters. The number of ether oxygens (including phenoxy) is 2. The lowest BCUT2D eigenvalue weighted by atomic mass is 9.84. The van der Waals surface area contributed by atoms with Crippen LogP contribution >= 0.6 is 0 Å². The van der Waals surface area contributed by atoms with Crippen molar-refractivity contribution in [3.05, 3.63) is 30.1 Å². The van der Waals surface area contributed by atoms with E-state index in [2.05, 4.69) is 9.88 Å². The maximum Gasteiger partial charge on any atom is 0.0892 e. The third-order valence-electron chi connectivity index (χ3n) is 5.53. The Labute approximate surface area is 132 Å². The van der Waals surface area contributed by atoms with E-state index >= 15 is 0 Å². The number of hydrogen-bond acceptors (Lipinski definition) is 4. The SMILES string of the molecule is c1ccc(CO[C@H]2CO[C@@]3(CCCN(C4CCC4)C3)C2)nc1. The lowest BCUT2D eigenvalue weighted by Gasteiger charge is -2.46. The molecule has 1 aliphatic carbocycles. The number of hydrogen-bond donors (Lipinski definition) is 0. The van der Waals surface area contributed by atoms with Crippen molar-refractivity contribution < 1.29 is 9.47 Å². The lowest BCUT2D eigenvalue weighted by molar-refractivity contribution is -0.0707. The first-order chi connectivity index (χ1) is 10.8. The molecule has 4 rings (SSSR count). The Balaban J connectivity index is 1.31. The Morgan fingerprint density at radius 2 is 2.27 bits per heavy atom. The van der Waals surface area contributed by atoms with Crippen LogP contribution in [0.1, 0.15) is 44.2 Å². The molecule has 0 aromatic carbocycles. The van der Waals surface area contributed by atoms with Crippen LogP contribution in [0, 0.1) is 0 Å². The summed E-state index contributed by atoms with van der Waals surface area (Å²) >= 11 is 0. The van der Waals surface area contributed by atoms with E-state index in [1.807, 2.05) is 24.4 Å². The maximum absolute atomic E-state index is 6.24. The predicted molar refractivity (Wildman–Crippen MR) is 84.6 cm³/mol. The molecule has 0 amide bonds. The van der Waals surface area contributed by atoms with Crippen LogP contribution in [0.3, 0.4) is 0 Å². The van der Waals surface area contributed by atoms with Gasteiger partial charge >= 0.3 is 0 Å². The molecule has 0 radical (unpaired) electrons. The molecular formula is C18H26N2O2. The van der Waals surface area contributed by atoms with Crippen molar-refractivity contribution in [1.82, 2.24) is 9.88 Å². The summed E-state index contributed by atoms with van der Waals surface area (Å²) < 4.78 is 12.3. The molecule has 2 atom stereocenters. The maximum atomic E-state index is 6.24. The van der Waals surface area contributed by atoms with Gasteiger partial charge in [0.05, 0.1) is 30.6 Å².